The number of carbonyl (C=O) groups excluding carboxylic acids is 5. The van der Waals surface area contributed by atoms with Gasteiger partial charge < -0.3 is 44.2 Å². The third-order valence-electron chi connectivity index (χ3n) is 14.0. The van der Waals surface area contributed by atoms with Crippen LogP contribution in [-0.2, 0) is 79.8 Å². The van der Waals surface area contributed by atoms with Crippen LogP contribution in [0.3, 0.4) is 0 Å². The molecule has 0 spiro atoms. The predicted molar refractivity (Wildman–Crippen MR) is 352 cm³/mol. The van der Waals surface area contributed by atoms with Crippen LogP contribution < -0.4 is 44.2 Å². The van der Waals surface area contributed by atoms with Crippen LogP contribution in [0.5, 0.6) is 0 Å². The standard InChI is InChI=1S/C56H108N14O15S5/c1-14-45(11)50(65-55(75)36-69(88(80,81)37-42(6)7)29-48(21-18-23-61-56(59)60)63-54(74)35-67(87(78,79)24-22-57)27-44(10)25-40(2)3)31-66(86(13,76)77)33-53(73)64-49(26-41(4)5)30-70(89(82,83)38-43(8)9)34-52(72)62-46(12)28-68(32-51(58)71)90(84,85)39-47-19-16-15-17-20-47/h15-17,19-20,40-46,48-50H,14,18,21-39,57H2,1-13H3,(H2,58,71)(H,62,72)(H,63,74)(H,64,73)(H,65,75)(H4,59,60,61)/t44-,45?,46-,48-,49-,50+/m0/s1. The van der Waals surface area contributed by atoms with Gasteiger partial charge in [-0.25, -0.2) is 42.1 Å². The molecular weight excluding hydrogens is 1270 g/mol. The number of carbonyl (C=O) groups is 5. The molecular formula is C56H108N14O15S5. The molecule has 29 nitrogen and oxygen atoms in total. The SMILES string of the molecule is CCC(C)[C@@H](CN(CC(=O)N[C@@H](CC(C)C)CN(CC(=O)N[C@@H](C)CN(CC(N)=O)S(=O)(=O)Cc1ccccc1)S(=O)(=O)CC(C)C)S(C)(=O)=O)NC(=O)CN(C[C@H](CCCN=C(N)N)NC(=O)CN(C[C@@H](C)CC(C)C)S(=O)(=O)CCN)S(=O)(=O)CC(C)C. The summed E-state index contributed by atoms with van der Waals surface area (Å²) in [5, 5.41) is 11.0. The molecule has 1 rings (SSSR count). The monoisotopic (exact) mass is 1380 g/mol. The van der Waals surface area contributed by atoms with Crippen molar-refractivity contribution in [2.45, 2.75) is 145 Å². The van der Waals surface area contributed by atoms with Gasteiger partial charge in [0.1, 0.15) is 0 Å². The van der Waals surface area contributed by atoms with E-state index in [9.17, 15) is 66.1 Å². The van der Waals surface area contributed by atoms with Crippen LogP contribution in [0.15, 0.2) is 35.3 Å². The Labute approximate surface area is 538 Å². The number of primary amides is 1. The number of amides is 5. The highest BCUT2D eigenvalue weighted by molar-refractivity contribution is 7.90. The lowest BCUT2D eigenvalue weighted by Gasteiger charge is -2.32. The Kier molecular flexibility index (Phi) is 36.3. The van der Waals surface area contributed by atoms with Crippen LogP contribution in [0.2, 0.25) is 0 Å². The zero-order valence-corrected chi connectivity index (χ0v) is 59.2. The Morgan fingerprint density at radius 1 is 0.522 bits per heavy atom. The Hall–Kier alpha value is -4.65. The van der Waals surface area contributed by atoms with Crippen molar-refractivity contribution >= 4 is 85.6 Å². The van der Waals surface area contributed by atoms with E-state index in [1.54, 1.807) is 85.7 Å². The summed E-state index contributed by atoms with van der Waals surface area (Å²) < 4.78 is 142. The number of rotatable bonds is 47. The highest BCUT2D eigenvalue weighted by Gasteiger charge is 2.36. The van der Waals surface area contributed by atoms with Gasteiger partial charge in [0.05, 0.1) is 62.0 Å². The smallest absolute Gasteiger partial charge is 0.235 e. The van der Waals surface area contributed by atoms with Crippen LogP contribution in [0.4, 0.5) is 0 Å². The Morgan fingerprint density at radius 3 is 1.43 bits per heavy atom. The fraction of sp³-hybridized carbons (Fsp3) is 0.786. The van der Waals surface area contributed by atoms with E-state index >= 15 is 0 Å². The summed E-state index contributed by atoms with van der Waals surface area (Å²) in [5.74, 6) is -7.64. The summed E-state index contributed by atoms with van der Waals surface area (Å²) in [6, 6.07) is 4.15. The van der Waals surface area contributed by atoms with Gasteiger partial charge in [-0.1, -0.05) is 113 Å². The Bertz CT molecular complexity index is 3030. The maximum Gasteiger partial charge on any atom is 0.235 e. The minimum absolute atomic E-state index is 0.0152. The van der Waals surface area contributed by atoms with Crippen LogP contribution in [0.1, 0.15) is 121 Å². The molecule has 0 aliphatic rings. The highest BCUT2D eigenvalue weighted by Crippen LogP contribution is 2.19. The Balaban J connectivity index is 3.63. The third kappa shape index (κ3) is 33.8. The second-order valence-electron chi connectivity index (χ2n) is 25.3. The molecule has 1 aromatic rings. The number of guanidine groups is 1. The topological polar surface area (TPSA) is 437 Å². The summed E-state index contributed by atoms with van der Waals surface area (Å²) in [5.41, 5.74) is 22.6. The molecule has 12 N–H and O–H groups in total. The number of nitrogens with two attached hydrogens (primary N) is 4. The minimum Gasteiger partial charge on any atom is -0.370 e. The molecule has 6 atom stereocenters. The first kappa shape index (κ1) is 83.4. The number of hydrogen-bond donors (Lipinski definition) is 8. The third-order valence-corrected chi connectivity index (χ3v) is 23.1. The molecule has 0 heterocycles. The zero-order valence-electron chi connectivity index (χ0n) is 55.2. The van der Waals surface area contributed by atoms with E-state index < -0.39 is 203 Å². The second-order valence-corrected chi connectivity index (χ2v) is 35.3. The van der Waals surface area contributed by atoms with Crippen molar-refractivity contribution in [2.24, 2.45) is 63.4 Å². The first-order valence-electron chi connectivity index (χ1n) is 30.5. The molecule has 0 bridgehead atoms. The first-order valence-corrected chi connectivity index (χ1v) is 38.8. The van der Waals surface area contributed by atoms with E-state index in [0.29, 0.717) is 18.4 Å². The maximum absolute atomic E-state index is 14.3. The Morgan fingerprint density at radius 2 is 0.978 bits per heavy atom. The molecule has 0 saturated heterocycles. The second kappa shape index (κ2) is 39.1. The van der Waals surface area contributed by atoms with Gasteiger partial charge >= 0.3 is 0 Å². The van der Waals surface area contributed by atoms with E-state index in [1.807, 2.05) is 20.8 Å². The fourth-order valence-corrected chi connectivity index (χ4v) is 17.3. The normalized spacial score (nSPS) is 14.9. The van der Waals surface area contributed by atoms with Crippen LogP contribution >= 0.6 is 0 Å². The largest absolute Gasteiger partial charge is 0.370 e. The predicted octanol–water partition coefficient (Wildman–Crippen LogP) is -0.482. The summed E-state index contributed by atoms with van der Waals surface area (Å²) in [4.78, 5) is 72.2. The van der Waals surface area contributed by atoms with E-state index in [4.69, 9.17) is 22.9 Å². The van der Waals surface area contributed by atoms with Crippen molar-refractivity contribution < 1.29 is 66.1 Å². The average Bonchev–Trinajstić information content (AvgIpc) is 0.981. The molecule has 0 fully saturated rings. The van der Waals surface area contributed by atoms with Crippen LogP contribution in [0, 0.1) is 35.5 Å². The number of sulfonamides is 5. The molecule has 1 aromatic carbocycles. The quantitative estimate of drug-likeness (QED) is 0.0232. The van der Waals surface area contributed by atoms with Crippen LogP contribution in [-0.4, -0.2) is 225 Å². The van der Waals surface area contributed by atoms with Crippen molar-refractivity contribution in [3.63, 3.8) is 0 Å². The summed E-state index contributed by atoms with van der Waals surface area (Å²) in [6.45, 7) is 15.4. The lowest BCUT2D eigenvalue weighted by Crippen LogP contribution is -2.55. The number of nitrogens with zero attached hydrogens (tertiary/aromatic N) is 6. The number of hydrogen-bond acceptors (Lipinski definition) is 17. The lowest BCUT2D eigenvalue weighted by molar-refractivity contribution is -0.123. The van der Waals surface area contributed by atoms with E-state index in [2.05, 4.69) is 26.3 Å². The van der Waals surface area contributed by atoms with Gasteiger partial charge in [-0.15, -0.1) is 0 Å². The molecule has 522 valence electrons. The van der Waals surface area contributed by atoms with Crippen molar-refractivity contribution in [3.8, 4) is 0 Å². The van der Waals surface area contributed by atoms with Gasteiger partial charge in [-0.2, -0.15) is 21.5 Å². The van der Waals surface area contributed by atoms with Gasteiger partial charge in [0.15, 0.2) is 5.96 Å². The molecule has 1 unspecified atom stereocenters. The highest BCUT2D eigenvalue weighted by atomic mass is 32.2. The molecule has 0 saturated carbocycles. The number of benzene rings is 1. The van der Waals surface area contributed by atoms with Gasteiger partial charge in [0.2, 0.25) is 79.7 Å². The van der Waals surface area contributed by atoms with Gasteiger partial charge in [0, 0.05) is 70.0 Å². The average molecular weight is 1380 g/mol. The zero-order chi connectivity index (χ0) is 69.1. The molecule has 90 heavy (non-hydrogen) atoms. The molecule has 34 heteroatoms. The number of aliphatic imine (C=N–C) groups is 1. The first-order chi connectivity index (χ1) is 41.4. The summed E-state index contributed by atoms with van der Waals surface area (Å²) >= 11 is 0. The van der Waals surface area contributed by atoms with Crippen molar-refractivity contribution in [1.82, 2.24) is 42.8 Å². The van der Waals surface area contributed by atoms with E-state index in [1.165, 1.54) is 6.92 Å². The van der Waals surface area contributed by atoms with Crippen molar-refractivity contribution in [1.29, 1.82) is 0 Å². The van der Waals surface area contributed by atoms with Crippen LogP contribution in [0.25, 0.3) is 0 Å². The molecule has 5 amide bonds. The van der Waals surface area contributed by atoms with E-state index in [0.717, 1.165) is 27.8 Å². The number of nitrogens with one attached hydrogen (secondary N) is 4. The molecule has 0 radical (unpaired) electrons. The van der Waals surface area contributed by atoms with Gasteiger partial charge in [-0.3, -0.25) is 29.0 Å². The summed E-state index contributed by atoms with van der Waals surface area (Å²) in [7, 11) is -21.0. The fourth-order valence-electron chi connectivity index (χ4n) is 10.0. The van der Waals surface area contributed by atoms with Gasteiger partial charge in [-0.05, 0) is 73.7 Å². The summed E-state index contributed by atoms with van der Waals surface area (Å²) in [6.07, 6.45) is 2.32. The van der Waals surface area contributed by atoms with Crippen molar-refractivity contribution in [2.75, 3.05) is 102 Å². The molecule has 0 aromatic heterocycles. The van der Waals surface area contributed by atoms with Gasteiger partial charge in [0.25, 0.3) is 0 Å². The molecule has 0 aliphatic carbocycles. The molecule has 0 aliphatic heterocycles. The van der Waals surface area contributed by atoms with E-state index in [-0.39, 0.29) is 62.6 Å². The lowest BCUT2D eigenvalue weighted by atomic mass is 9.99. The van der Waals surface area contributed by atoms with Crippen molar-refractivity contribution in [3.05, 3.63) is 35.9 Å². The minimum atomic E-state index is -4.30. The maximum atomic E-state index is 14.3.